The average molecular weight is 331 g/mol. The van der Waals surface area contributed by atoms with Crippen LogP contribution >= 0.6 is 34.8 Å². The molecule has 0 aliphatic carbocycles. The second-order valence-electron chi connectivity index (χ2n) is 4.35. The van der Waals surface area contributed by atoms with Crippen LogP contribution in [-0.4, -0.2) is 7.11 Å². The third kappa shape index (κ3) is 3.32. The Morgan fingerprint density at radius 2 is 1.85 bits per heavy atom. The second kappa shape index (κ2) is 6.57. The van der Waals surface area contributed by atoms with E-state index in [0.717, 1.165) is 21.8 Å². The van der Waals surface area contributed by atoms with E-state index in [1.165, 1.54) is 0 Å². The van der Waals surface area contributed by atoms with Crippen LogP contribution in [0.25, 0.3) is 0 Å². The molecule has 2 aromatic carbocycles. The Morgan fingerprint density at radius 3 is 2.55 bits per heavy atom. The van der Waals surface area contributed by atoms with Gasteiger partial charge in [-0.2, -0.15) is 0 Å². The lowest BCUT2D eigenvalue weighted by atomic mass is 10.1. The molecule has 0 saturated carbocycles. The highest BCUT2D eigenvalue weighted by Gasteiger charge is 2.10. The van der Waals surface area contributed by atoms with Gasteiger partial charge in [0.25, 0.3) is 0 Å². The zero-order valence-electron chi connectivity index (χ0n) is 11.1. The minimum Gasteiger partial charge on any atom is -0.495 e. The largest absolute Gasteiger partial charge is 0.495 e. The summed E-state index contributed by atoms with van der Waals surface area (Å²) in [5, 5.41) is 5.12. The van der Waals surface area contributed by atoms with Crippen LogP contribution in [0, 0.1) is 6.92 Å². The Kier molecular flexibility index (Phi) is 5.03. The fourth-order valence-corrected chi connectivity index (χ4v) is 2.75. The first-order valence-electron chi connectivity index (χ1n) is 6.04. The molecule has 1 N–H and O–H groups in total. The number of hydrogen-bond donors (Lipinski definition) is 1. The molecule has 0 spiro atoms. The van der Waals surface area contributed by atoms with Crippen LogP contribution < -0.4 is 10.1 Å². The van der Waals surface area contributed by atoms with E-state index < -0.39 is 0 Å². The van der Waals surface area contributed by atoms with E-state index in [-0.39, 0.29) is 0 Å². The summed E-state index contributed by atoms with van der Waals surface area (Å²) in [6, 6.07) is 9.23. The number of nitrogens with one attached hydrogen (secondary N) is 1. The van der Waals surface area contributed by atoms with Gasteiger partial charge in [-0.25, -0.2) is 0 Å². The highest BCUT2D eigenvalue weighted by molar-refractivity contribution is 6.35. The summed E-state index contributed by atoms with van der Waals surface area (Å²) in [6.45, 7) is 2.51. The first-order chi connectivity index (χ1) is 9.52. The molecule has 0 aliphatic rings. The van der Waals surface area contributed by atoms with Crippen LogP contribution in [0.5, 0.6) is 5.75 Å². The number of anilines is 1. The molecule has 0 unspecified atom stereocenters. The first kappa shape index (κ1) is 15.3. The van der Waals surface area contributed by atoms with E-state index in [1.54, 1.807) is 13.2 Å². The van der Waals surface area contributed by atoms with Gasteiger partial charge < -0.3 is 10.1 Å². The van der Waals surface area contributed by atoms with Crippen LogP contribution in [0.15, 0.2) is 30.3 Å². The topological polar surface area (TPSA) is 21.3 Å². The van der Waals surface area contributed by atoms with Gasteiger partial charge in [0.15, 0.2) is 0 Å². The van der Waals surface area contributed by atoms with E-state index in [9.17, 15) is 0 Å². The average Bonchev–Trinajstić information content (AvgIpc) is 2.40. The molecule has 2 nitrogen and oxygen atoms in total. The lowest BCUT2D eigenvalue weighted by Gasteiger charge is -2.14. The van der Waals surface area contributed by atoms with Crippen LogP contribution in [0.1, 0.15) is 11.1 Å². The van der Waals surface area contributed by atoms with Crippen molar-refractivity contribution in [3.63, 3.8) is 0 Å². The van der Waals surface area contributed by atoms with Crippen molar-refractivity contribution in [1.82, 2.24) is 0 Å². The number of methoxy groups -OCH3 is 1. The summed E-state index contributed by atoms with van der Waals surface area (Å²) >= 11 is 18.2. The third-order valence-electron chi connectivity index (χ3n) is 3.03. The number of ether oxygens (including phenoxy) is 1. The fourth-order valence-electron chi connectivity index (χ4n) is 1.96. The standard InChI is InChI=1S/C15H14Cl3NO/c1-9-12(17)4-3-5-14(9)19-8-10-6-11(16)7-13(18)15(10)20-2/h3-7,19H,8H2,1-2H3. The van der Waals surface area contributed by atoms with Gasteiger partial charge in [-0.05, 0) is 36.8 Å². The van der Waals surface area contributed by atoms with Crippen LogP contribution in [-0.2, 0) is 6.54 Å². The Balaban J connectivity index is 2.25. The lowest BCUT2D eigenvalue weighted by Crippen LogP contribution is -2.03. The molecule has 0 aliphatic heterocycles. The minimum atomic E-state index is 0.500. The quantitative estimate of drug-likeness (QED) is 0.790. The minimum absolute atomic E-state index is 0.500. The van der Waals surface area contributed by atoms with E-state index in [2.05, 4.69) is 5.32 Å². The number of halogens is 3. The maximum absolute atomic E-state index is 6.11. The molecular formula is C15H14Cl3NO. The van der Waals surface area contributed by atoms with Crippen molar-refractivity contribution in [2.75, 3.05) is 12.4 Å². The molecule has 0 aromatic heterocycles. The molecule has 0 heterocycles. The molecule has 106 valence electrons. The first-order valence-corrected chi connectivity index (χ1v) is 7.17. The van der Waals surface area contributed by atoms with Crippen molar-refractivity contribution in [2.24, 2.45) is 0 Å². The number of rotatable bonds is 4. The van der Waals surface area contributed by atoms with E-state index in [1.807, 2.05) is 31.2 Å². The monoisotopic (exact) mass is 329 g/mol. The van der Waals surface area contributed by atoms with Crippen LogP contribution in [0.4, 0.5) is 5.69 Å². The normalized spacial score (nSPS) is 10.4. The predicted octanol–water partition coefficient (Wildman–Crippen LogP) is 5.58. The van der Waals surface area contributed by atoms with Crippen LogP contribution in [0.3, 0.4) is 0 Å². The SMILES string of the molecule is COc1c(Cl)cc(Cl)cc1CNc1cccc(Cl)c1C. The van der Waals surface area contributed by atoms with Crippen LogP contribution in [0.2, 0.25) is 15.1 Å². The van der Waals surface area contributed by atoms with E-state index >= 15 is 0 Å². The lowest BCUT2D eigenvalue weighted by molar-refractivity contribution is 0.410. The molecule has 0 atom stereocenters. The number of benzene rings is 2. The van der Waals surface area contributed by atoms with Crippen molar-refractivity contribution in [2.45, 2.75) is 13.5 Å². The highest BCUT2D eigenvalue weighted by Crippen LogP contribution is 2.33. The zero-order valence-corrected chi connectivity index (χ0v) is 13.4. The van der Waals surface area contributed by atoms with Gasteiger partial charge in [-0.3, -0.25) is 0 Å². The fraction of sp³-hybridized carbons (Fsp3) is 0.200. The molecule has 0 saturated heterocycles. The summed E-state index contributed by atoms with van der Waals surface area (Å²) in [7, 11) is 1.59. The molecular weight excluding hydrogens is 317 g/mol. The van der Waals surface area contributed by atoms with Crippen molar-refractivity contribution in [3.8, 4) is 5.75 Å². The maximum atomic E-state index is 6.11. The molecule has 0 bridgehead atoms. The maximum Gasteiger partial charge on any atom is 0.142 e. The van der Waals surface area contributed by atoms with Crippen molar-refractivity contribution in [3.05, 3.63) is 56.5 Å². The Hall–Kier alpha value is -1.09. The zero-order chi connectivity index (χ0) is 14.7. The Labute approximate surface area is 133 Å². The molecule has 0 fully saturated rings. The predicted molar refractivity (Wildman–Crippen MR) is 86.5 cm³/mol. The summed E-state index contributed by atoms with van der Waals surface area (Å²) in [5.74, 6) is 0.628. The van der Waals surface area contributed by atoms with Gasteiger partial charge in [0.1, 0.15) is 5.75 Å². The van der Waals surface area contributed by atoms with Crippen molar-refractivity contribution in [1.29, 1.82) is 0 Å². The van der Waals surface area contributed by atoms with Gasteiger partial charge in [0.2, 0.25) is 0 Å². The van der Waals surface area contributed by atoms with Gasteiger partial charge in [-0.15, -0.1) is 0 Å². The molecule has 0 amide bonds. The van der Waals surface area contributed by atoms with Gasteiger partial charge in [0.05, 0.1) is 12.1 Å². The van der Waals surface area contributed by atoms with E-state index in [0.29, 0.717) is 22.3 Å². The highest BCUT2D eigenvalue weighted by atomic mass is 35.5. The summed E-state index contributed by atoms with van der Waals surface area (Å²) in [6.07, 6.45) is 0. The third-order valence-corrected chi connectivity index (χ3v) is 3.93. The Morgan fingerprint density at radius 1 is 1.10 bits per heavy atom. The van der Waals surface area contributed by atoms with E-state index in [4.69, 9.17) is 39.5 Å². The Bertz CT molecular complexity index is 629. The molecule has 20 heavy (non-hydrogen) atoms. The second-order valence-corrected chi connectivity index (χ2v) is 5.60. The van der Waals surface area contributed by atoms with Gasteiger partial charge in [-0.1, -0.05) is 40.9 Å². The number of hydrogen-bond acceptors (Lipinski definition) is 2. The van der Waals surface area contributed by atoms with Crippen molar-refractivity contribution >= 4 is 40.5 Å². The molecule has 0 radical (unpaired) electrons. The summed E-state index contributed by atoms with van der Waals surface area (Å²) < 4.78 is 5.32. The molecule has 2 rings (SSSR count). The summed E-state index contributed by atoms with van der Waals surface area (Å²) in [5.41, 5.74) is 2.86. The smallest absolute Gasteiger partial charge is 0.142 e. The molecule has 2 aromatic rings. The summed E-state index contributed by atoms with van der Waals surface area (Å²) in [4.78, 5) is 0. The van der Waals surface area contributed by atoms with Gasteiger partial charge in [0, 0.05) is 27.8 Å². The molecule has 5 heteroatoms. The van der Waals surface area contributed by atoms with Crippen molar-refractivity contribution < 1.29 is 4.74 Å². The van der Waals surface area contributed by atoms with Gasteiger partial charge >= 0.3 is 0 Å².